The van der Waals surface area contributed by atoms with Crippen molar-refractivity contribution in [3.63, 3.8) is 0 Å². The molecule has 1 saturated heterocycles. The van der Waals surface area contributed by atoms with Crippen LogP contribution in [0.2, 0.25) is 0 Å². The Morgan fingerprint density at radius 2 is 1.56 bits per heavy atom. The van der Waals surface area contributed by atoms with Gasteiger partial charge >= 0.3 is 6.09 Å². The molecule has 1 aliphatic heterocycles. The zero-order valence-corrected chi connectivity index (χ0v) is 16.1. The van der Waals surface area contributed by atoms with Crippen LogP contribution in [0.25, 0.3) is 0 Å². The first-order valence-corrected chi connectivity index (χ1v) is 9.38. The number of aliphatic hydroxyl groups excluding tert-OH is 1. The minimum Gasteiger partial charge on any atom is -0.447 e. The van der Waals surface area contributed by atoms with Crippen molar-refractivity contribution in [1.82, 2.24) is 4.90 Å². The molecule has 1 aliphatic rings. The Morgan fingerprint density at radius 3 is 2.04 bits per heavy atom. The van der Waals surface area contributed by atoms with Crippen LogP contribution in [0, 0.1) is 0 Å². The summed E-state index contributed by atoms with van der Waals surface area (Å²) in [5.74, 6) is -0.234. The number of amides is 2. The topological polar surface area (TPSA) is 66.8 Å². The largest absolute Gasteiger partial charge is 0.447 e. The molecule has 0 saturated carbocycles. The lowest BCUT2D eigenvalue weighted by atomic mass is 10.0. The SMILES string of the molecule is CC.O=C(CCCC(O)c1ccccc1)N1CCOC1=O.c1ccccc1. The molecule has 0 bridgehead atoms. The lowest BCUT2D eigenvalue weighted by Crippen LogP contribution is -2.31. The molecule has 1 fully saturated rings. The first-order valence-electron chi connectivity index (χ1n) is 9.38. The highest BCUT2D eigenvalue weighted by Gasteiger charge is 2.27. The number of cyclic esters (lactones) is 1. The molecule has 0 aliphatic carbocycles. The number of rotatable bonds is 5. The van der Waals surface area contributed by atoms with Gasteiger partial charge in [0.15, 0.2) is 0 Å². The fourth-order valence-electron chi connectivity index (χ4n) is 2.43. The fraction of sp³-hybridized carbons (Fsp3) is 0.364. The van der Waals surface area contributed by atoms with Gasteiger partial charge in [-0.05, 0) is 18.4 Å². The van der Waals surface area contributed by atoms with E-state index in [1.165, 1.54) is 0 Å². The molecule has 3 rings (SSSR count). The zero-order valence-electron chi connectivity index (χ0n) is 16.1. The molecule has 146 valence electrons. The smallest absolute Gasteiger partial charge is 0.416 e. The molecule has 0 radical (unpaired) electrons. The van der Waals surface area contributed by atoms with Crippen LogP contribution in [0.5, 0.6) is 0 Å². The molecule has 1 unspecified atom stereocenters. The van der Waals surface area contributed by atoms with Crippen LogP contribution in [0.1, 0.15) is 44.8 Å². The summed E-state index contributed by atoms with van der Waals surface area (Å²) in [6.45, 7) is 4.61. The predicted molar refractivity (Wildman–Crippen MR) is 106 cm³/mol. The molecule has 2 amide bonds. The third-order valence-corrected chi connectivity index (χ3v) is 3.78. The zero-order chi connectivity index (χ0) is 19.9. The van der Waals surface area contributed by atoms with E-state index in [9.17, 15) is 14.7 Å². The molecular weight excluding hydrogens is 342 g/mol. The molecule has 2 aromatic carbocycles. The van der Waals surface area contributed by atoms with Crippen molar-refractivity contribution >= 4 is 12.0 Å². The van der Waals surface area contributed by atoms with Crippen LogP contribution >= 0.6 is 0 Å². The minimum absolute atomic E-state index is 0.234. The average Bonchev–Trinajstić information content (AvgIpc) is 3.18. The quantitative estimate of drug-likeness (QED) is 0.835. The average molecular weight is 371 g/mol. The molecule has 5 nitrogen and oxygen atoms in total. The monoisotopic (exact) mass is 371 g/mol. The summed E-state index contributed by atoms with van der Waals surface area (Å²) in [6, 6.07) is 21.3. The van der Waals surface area contributed by atoms with Gasteiger partial charge < -0.3 is 9.84 Å². The van der Waals surface area contributed by atoms with Gasteiger partial charge in [0.2, 0.25) is 5.91 Å². The summed E-state index contributed by atoms with van der Waals surface area (Å²) in [7, 11) is 0. The molecule has 0 aromatic heterocycles. The molecule has 0 spiro atoms. The first kappa shape index (κ1) is 22.4. The van der Waals surface area contributed by atoms with E-state index in [2.05, 4.69) is 0 Å². The van der Waals surface area contributed by atoms with Gasteiger partial charge in [0.05, 0.1) is 12.6 Å². The van der Waals surface area contributed by atoms with Crippen LogP contribution in [-0.2, 0) is 9.53 Å². The van der Waals surface area contributed by atoms with Gasteiger partial charge in [0.25, 0.3) is 0 Å². The van der Waals surface area contributed by atoms with Gasteiger partial charge in [-0.3, -0.25) is 4.79 Å². The van der Waals surface area contributed by atoms with Crippen molar-refractivity contribution in [2.45, 2.75) is 39.2 Å². The van der Waals surface area contributed by atoms with Crippen LogP contribution in [0.3, 0.4) is 0 Å². The van der Waals surface area contributed by atoms with Crippen molar-refractivity contribution in [3.05, 3.63) is 72.3 Å². The third-order valence-electron chi connectivity index (χ3n) is 3.78. The van der Waals surface area contributed by atoms with Crippen LogP contribution in [0.4, 0.5) is 4.79 Å². The number of imide groups is 1. The maximum absolute atomic E-state index is 11.7. The number of aliphatic hydroxyl groups is 1. The van der Waals surface area contributed by atoms with E-state index >= 15 is 0 Å². The maximum atomic E-state index is 11.7. The van der Waals surface area contributed by atoms with Crippen LogP contribution in [-0.4, -0.2) is 35.2 Å². The second kappa shape index (κ2) is 13.5. The summed E-state index contributed by atoms with van der Waals surface area (Å²) < 4.78 is 4.70. The van der Waals surface area contributed by atoms with Gasteiger partial charge in [-0.2, -0.15) is 0 Å². The Morgan fingerprint density at radius 1 is 1.04 bits per heavy atom. The first-order chi connectivity index (χ1) is 13.2. The summed E-state index contributed by atoms with van der Waals surface area (Å²) in [5.41, 5.74) is 0.843. The standard InChI is InChI=1S/C14H17NO4.C6H6.C2H6/c16-12(11-5-2-1-3-6-11)7-4-8-13(17)15-9-10-19-14(15)18;1-2-4-6-5-3-1;1-2/h1-3,5-6,12,16H,4,7-10H2;1-6H;1-2H3. The Kier molecular flexibility index (Phi) is 11.2. The van der Waals surface area contributed by atoms with Crippen molar-refractivity contribution < 1.29 is 19.4 Å². The molecule has 5 heteroatoms. The van der Waals surface area contributed by atoms with Gasteiger partial charge in [-0.25, -0.2) is 9.69 Å². The number of nitrogens with zero attached hydrogens (tertiary/aromatic N) is 1. The second-order valence-electron chi connectivity index (χ2n) is 5.63. The van der Waals surface area contributed by atoms with Gasteiger partial charge in [0, 0.05) is 6.42 Å². The van der Waals surface area contributed by atoms with E-state index in [1.807, 2.05) is 80.6 Å². The number of carbonyl (C=O) groups is 2. The normalized spacial score (nSPS) is 13.4. The van der Waals surface area contributed by atoms with E-state index < -0.39 is 12.2 Å². The van der Waals surface area contributed by atoms with E-state index in [0.29, 0.717) is 19.4 Å². The van der Waals surface area contributed by atoms with E-state index in [-0.39, 0.29) is 18.9 Å². The summed E-state index contributed by atoms with van der Waals surface area (Å²) >= 11 is 0. The summed E-state index contributed by atoms with van der Waals surface area (Å²) in [4.78, 5) is 24.0. The lowest BCUT2D eigenvalue weighted by Gasteiger charge is -2.12. The number of carbonyl (C=O) groups excluding carboxylic acids is 2. The Hall–Kier alpha value is -2.66. The fourth-order valence-corrected chi connectivity index (χ4v) is 2.43. The van der Waals surface area contributed by atoms with E-state index in [4.69, 9.17) is 4.74 Å². The molecule has 1 atom stereocenters. The Bertz CT molecular complexity index is 619. The molecular formula is C22H29NO4. The Labute approximate surface area is 161 Å². The number of hydrogen-bond donors (Lipinski definition) is 1. The molecule has 1 N–H and O–H groups in total. The number of hydrogen-bond acceptors (Lipinski definition) is 4. The maximum Gasteiger partial charge on any atom is 0.416 e. The highest BCUT2D eigenvalue weighted by Crippen LogP contribution is 2.19. The number of ether oxygens (including phenoxy) is 1. The van der Waals surface area contributed by atoms with Gasteiger partial charge in [0.1, 0.15) is 6.61 Å². The molecule has 1 heterocycles. The lowest BCUT2D eigenvalue weighted by molar-refractivity contribution is -0.127. The van der Waals surface area contributed by atoms with Crippen molar-refractivity contribution in [1.29, 1.82) is 0 Å². The van der Waals surface area contributed by atoms with Crippen molar-refractivity contribution in [2.75, 3.05) is 13.2 Å². The highest BCUT2D eigenvalue weighted by atomic mass is 16.6. The minimum atomic E-state index is -0.570. The summed E-state index contributed by atoms with van der Waals surface area (Å²) in [6.07, 6.45) is 0.157. The highest BCUT2D eigenvalue weighted by molar-refractivity contribution is 5.92. The predicted octanol–water partition coefficient (Wildman–Crippen LogP) is 4.58. The summed E-state index contributed by atoms with van der Waals surface area (Å²) in [5, 5.41) is 9.93. The van der Waals surface area contributed by atoms with Crippen LogP contribution < -0.4 is 0 Å². The third kappa shape index (κ3) is 8.51. The van der Waals surface area contributed by atoms with Crippen molar-refractivity contribution in [2.24, 2.45) is 0 Å². The van der Waals surface area contributed by atoms with Crippen LogP contribution in [0.15, 0.2) is 66.7 Å². The van der Waals surface area contributed by atoms with Gasteiger partial charge in [-0.1, -0.05) is 80.6 Å². The number of benzene rings is 2. The molecule has 2 aromatic rings. The molecule has 27 heavy (non-hydrogen) atoms. The van der Waals surface area contributed by atoms with E-state index in [1.54, 1.807) is 0 Å². The van der Waals surface area contributed by atoms with Crippen molar-refractivity contribution in [3.8, 4) is 0 Å². The van der Waals surface area contributed by atoms with Gasteiger partial charge in [-0.15, -0.1) is 0 Å². The Balaban J connectivity index is 0.000000381. The second-order valence-corrected chi connectivity index (χ2v) is 5.63. The van der Waals surface area contributed by atoms with E-state index in [0.717, 1.165) is 10.5 Å².